The van der Waals surface area contributed by atoms with E-state index < -0.39 is 5.97 Å². The largest absolute Gasteiger partial charge is 0.478 e. The van der Waals surface area contributed by atoms with Gasteiger partial charge in [0.25, 0.3) is 0 Å². The average molecular weight is 300 g/mol. The molecule has 6 heteroatoms. The van der Waals surface area contributed by atoms with Gasteiger partial charge in [0, 0.05) is 12.1 Å². The van der Waals surface area contributed by atoms with E-state index in [4.69, 9.17) is 16.7 Å². The van der Waals surface area contributed by atoms with Crippen molar-refractivity contribution in [1.82, 2.24) is 14.6 Å². The molecule has 0 aliphatic heterocycles. The SMILES string of the molecule is O=C(O)c1cc(Cl)c2nnc(C3Cc4ccccc43)n2c1. The first-order valence-electron chi connectivity index (χ1n) is 6.50. The van der Waals surface area contributed by atoms with Gasteiger partial charge in [0.05, 0.1) is 10.6 Å². The Labute approximate surface area is 124 Å². The second-order valence-corrected chi connectivity index (χ2v) is 5.50. The molecular weight excluding hydrogens is 290 g/mol. The lowest BCUT2D eigenvalue weighted by Crippen LogP contribution is -2.20. The maximum absolute atomic E-state index is 11.2. The summed E-state index contributed by atoms with van der Waals surface area (Å²) < 4.78 is 1.69. The molecule has 3 aromatic rings. The molecule has 0 spiro atoms. The highest BCUT2D eigenvalue weighted by Gasteiger charge is 2.31. The van der Waals surface area contributed by atoms with Gasteiger partial charge >= 0.3 is 5.97 Å². The predicted molar refractivity (Wildman–Crippen MR) is 76.9 cm³/mol. The zero-order valence-corrected chi connectivity index (χ0v) is 11.6. The van der Waals surface area contributed by atoms with Crippen LogP contribution in [0.25, 0.3) is 5.65 Å². The van der Waals surface area contributed by atoms with Crippen molar-refractivity contribution in [2.75, 3.05) is 0 Å². The molecular formula is C15H10ClN3O2. The Hall–Kier alpha value is -2.40. The third kappa shape index (κ3) is 1.74. The number of carboxylic acid groups (broad SMARTS) is 1. The number of carbonyl (C=O) groups is 1. The van der Waals surface area contributed by atoms with Gasteiger partial charge in [-0.15, -0.1) is 10.2 Å². The molecule has 2 aromatic heterocycles. The highest BCUT2D eigenvalue weighted by Crippen LogP contribution is 2.39. The standard InChI is InChI=1S/C15H10ClN3O2/c16-12-6-9(15(20)21)7-19-13(17-18-14(12)19)11-5-8-3-1-2-4-10(8)11/h1-4,6-7,11H,5H2,(H,20,21). The van der Waals surface area contributed by atoms with Crippen molar-refractivity contribution in [2.24, 2.45) is 0 Å². The minimum atomic E-state index is -1.02. The summed E-state index contributed by atoms with van der Waals surface area (Å²) >= 11 is 6.10. The molecule has 1 atom stereocenters. The summed E-state index contributed by atoms with van der Waals surface area (Å²) in [5, 5.41) is 17.7. The number of rotatable bonds is 2. The Morgan fingerprint density at radius 3 is 2.90 bits per heavy atom. The second-order valence-electron chi connectivity index (χ2n) is 5.09. The summed E-state index contributed by atoms with van der Waals surface area (Å²) in [6.07, 6.45) is 2.41. The number of hydrogen-bond acceptors (Lipinski definition) is 3. The van der Waals surface area contributed by atoms with Gasteiger partial charge in [-0.25, -0.2) is 4.79 Å². The van der Waals surface area contributed by atoms with E-state index in [9.17, 15) is 4.79 Å². The Kier molecular flexibility index (Phi) is 2.53. The number of halogens is 1. The van der Waals surface area contributed by atoms with Crippen molar-refractivity contribution in [2.45, 2.75) is 12.3 Å². The Balaban J connectivity index is 1.89. The van der Waals surface area contributed by atoms with E-state index in [0.29, 0.717) is 10.7 Å². The van der Waals surface area contributed by atoms with Crippen LogP contribution >= 0.6 is 11.6 Å². The first-order valence-corrected chi connectivity index (χ1v) is 6.88. The van der Waals surface area contributed by atoms with Crippen LogP contribution in [0.2, 0.25) is 5.02 Å². The first kappa shape index (κ1) is 12.3. The van der Waals surface area contributed by atoms with Gasteiger partial charge in [0.2, 0.25) is 0 Å². The number of fused-ring (bicyclic) bond motifs is 2. The molecule has 0 fully saturated rings. The maximum Gasteiger partial charge on any atom is 0.337 e. The van der Waals surface area contributed by atoms with Crippen LogP contribution in [-0.2, 0) is 6.42 Å². The van der Waals surface area contributed by atoms with Crippen molar-refractivity contribution in [3.8, 4) is 0 Å². The minimum Gasteiger partial charge on any atom is -0.478 e. The molecule has 104 valence electrons. The Morgan fingerprint density at radius 2 is 2.14 bits per heavy atom. The molecule has 2 heterocycles. The fraction of sp³-hybridized carbons (Fsp3) is 0.133. The predicted octanol–water partition coefficient (Wildman–Crippen LogP) is 2.77. The minimum absolute atomic E-state index is 0.126. The molecule has 21 heavy (non-hydrogen) atoms. The fourth-order valence-corrected chi connectivity index (χ4v) is 3.06. The van der Waals surface area contributed by atoms with E-state index in [1.54, 1.807) is 4.40 Å². The number of benzene rings is 1. The van der Waals surface area contributed by atoms with Crippen molar-refractivity contribution in [3.05, 3.63) is 64.1 Å². The molecule has 1 N–H and O–H groups in total. The van der Waals surface area contributed by atoms with Crippen LogP contribution in [0.3, 0.4) is 0 Å². The van der Waals surface area contributed by atoms with Crippen LogP contribution in [0.1, 0.15) is 33.2 Å². The molecule has 5 nitrogen and oxygen atoms in total. The van der Waals surface area contributed by atoms with E-state index in [-0.39, 0.29) is 11.5 Å². The molecule has 0 amide bonds. The lowest BCUT2D eigenvalue weighted by molar-refractivity contribution is 0.0696. The average Bonchev–Trinajstić information content (AvgIpc) is 2.84. The van der Waals surface area contributed by atoms with Crippen LogP contribution in [0, 0.1) is 0 Å². The monoisotopic (exact) mass is 299 g/mol. The number of pyridine rings is 1. The fourth-order valence-electron chi connectivity index (χ4n) is 2.81. The summed E-state index contributed by atoms with van der Waals surface area (Å²) in [7, 11) is 0. The van der Waals surface area contributed by atoms with Crippen LogP contribution in [0.15, 0.2) is 36.5 Å². The zero-order valence-electron chi connectivity index (χ0n) is 10.8. The Bertz CT molecular complexity index is 888. The van der Waals surface area contributed by atoms with Crippen molar-refractivity contribution in [1.29, 1.82) is 0 Å². The number of nitrogens with zero attached hydrogens (tertiary/aromatic N) is 3. The molecule has 0 bridgehead atoms. The lowest BCUT2D eigenvalue weighted by atomic mass is 9.77. The third-order valence-corrected chi connectivity index (χ3v) is 4.18. The van der Waals surface area contributed by atoms with Gasteiger partial charge in [0.1, 0.15) is 5.82 Å². The topological polar surface area (TPSA) is 67.5 Å². The van der Waals surface area contributed by atoms with Crippen LogP contribution in [0.4, 0.5) is 0 Å². The Morgan fingerprint density at radius 1 is 1.33 bits per heavy atom. The van der Waals surface area contributed by atoms with E-state index in [2.05, 4.69) is 22.3 Å². The summed E-state index contributed by atoms with van der Waals surface area (Å²) in [6, 6.07) is 9.55. The van der Waals surface area contributed by atoms with Gasteiger partial charge < -0.3 is 5.11 Å². The number of carboxylic acids is 1. The normalized spacial score (nSPS) is 16.5. The maximum atomic E-state index is 11.2. The van der Waals surface area contributed by atoms with Crippen molar-refractivity contribution >= 4 is 23.2 Å². The highest BCUT2D eigenvalue weighted by atomic mass is 35.5. The van der Waals surface area contributed by atoms with E-state index in [0.717, 1.165) is 12.2 Å². The molecule has 0 saturated carbocycles. The van der Waals surface area contributed by atoms with Gasteiger partial charge in [0.15, 0.2) is 5.65 Å². The summed E-state index contributed by atoms with van der Waals surface area (Å²) in [6.45, 7) is 0. The summed E-state index contributed by atoms with van der Waals surface area (Å²) in [5.41, 5.74) is 3.12. The summed E-state index contributed by atoms with van der Waals surface area (Å²) in [5.74, 6) is -0.155. The van der Waals surface area contributed by atoms with E-state index in [1.807, 2.05) is 12.1 Å². The highest BCUT2D eigenvalue weighted by molar-refractivity contribution is 6.33. The zero-order chi connectivity index (χ0) is 14.6. The number of aromatic carboxylic acids is 1. The number of hydrogen-bond donors (Lipinski definition) is 1. The summed E-state index contributed by atoms with van der Waals surface area (Å²) in [4.78, 5) is 11.2. The lowest BCUT2D eigenvalue weighted by Gasteiger charge is -2.28. The van der Waals surface area contributed by atoms with Gasteiger partial charge in [-0.2, -0.15) is 0 Å². The molecule has 1 aliphatic carbocycles. The van der Waals surface area contributed by atoms with Gasteiger partial charge in [-0.05, 0) is 23.6 Å². The molecule has 1 aliphatic rings. The quantitative estimate of drug-likeness (QED) is 0.790. The van der Waals surface area contributed by atoms with Crippen LogP contribution in [0.5, 0.6) is 0 Å². The van der Waals surface area contributed by atoms with Crippen molar-refractivity contribution in [3.63, 3.8) is 0 Å². The van der Waals surface area contributed by atoms with E-state index >= 15 is 0 Å². The van der Waals surface area contributed by atoms with Crippen molar-refractivity contribution < 1.29 is 9.90 Å². The molecule has 1 aromatic carbocycles. The number of aromatic nitrogens is 3. The first-order chi connectivity index (χ1) is 10.1. The third-order valence-electron chi connectivity index (χ3n) is 3.90. The van der Waals surface area contributed by atoms with E-state index in [1.165, 1.54) is 23.4 Å². The molecule has 4 rings (SSSR count). The molecule has 1 unspecified atom stereocenters. The van der Waals surface area contributed by atoms with Gasteiger partial charge in [-0.3, -0.25) is 4.40 Å². The second kappa shape index (κ2) is 4.30. The smallest absolute Gasteiger partial charge is 0.337 e. The van der Waals surface area contributed by atoms with Gasteiger partial charge in [-0.1, -0.05) is 35.9 Å². The van der Waals surface area contributed by atoms with Crippen LogP contribution in [-0.4, -0.2) is 25.7 Å². The molecule has 0 radical (unpaired) electrons. The molecule has 0 saturated heterocycles. The van der Waals surface area contributed by atoms with Crippen LogP contribution < -0.4 is 0 Å².